The maximum Gasteiger partial charge on any atom is 0.355 e. The average molecular weight is 392 g/mol. The van der Waals surface area contributed by atoms with E-state index in [-0.39, 0.29) is 0 Å². The van der Waals surface area contributed by atoms with E-state index in [0.717, 1.165) is 22.0 Å². The Balaban J connectivity index is 2.40. The van der Waals surface area contributed by atoms with Crippen LogP contribution in [0.5, 0.6) is 5.75 Å². The summed E-state index contributed by atoms with van der Waals surface area (Å²) in [5.41, 5.74) is 2.05. The van der Waals surface area contributed by atoms with Crippen LogP contribution in [0.1, 0.15) is 25.0 Å². The monoisotopic (exact) mass is 392 g/mol. The van der Waals surface area contributed by atoms with E-state index in [0.29, 0.717) is 13.2 Å². The van der Waals surface area contributed by atoms with Gasteiger partial charge in [0.05, 0.1) is 20.3 Å². The minimum atomic E-state index is -3.33. The molecule has 0 radical (unpaired) electrons. The molecule has 2 aromatic rings. The summed E-state index contributed by atoms with van der Waals surface area (Å²) < 4.78 is 29.4. The molecule has 0 atom stereocenters. The molecule has 0 aliphatic rings. The third-order valence-electron chi connectivity index (χ3n) is 3.50. The van der Waals surface area contributed by atoms with E-state index in [2.05, 4.69) is 12.1 Å². The molecule has 6 heteroatoms. The molecule has 0 aliphatic heterocycles. The van der Waals surface area contributed by atoms with Crippen LogP contribution >= 0.6 is 19.4 Å². The van der Waals surface area contributed by atoms with E-state index in [1.54, 1.807) is 38.5 Å². The summed E-state index contributed by atoms with van der Waals surface area (Å²) >= 11 is 1.58. The number of thioether (sulfide) groups is 1. The van der Waals surface area contributed by atoms with Crippen molar-refractivity contribution in [2.24, 2.45) is 0 Å². The highest BCUT2D eigenvalue weighted by Gasteiger charge is 2.23. The Labute approximate surface area is 160 Å². The number of ether oxygens (including phenoxy) is 1. The predicted molar refractivity (Wildman–Crippen MR) is 110 cm³/mol. The van der Waals surface area contributed by atoms with Gasteiger partial charge in [-0.15, -0.1) is 11.8 Å². The van der Waals surface area contributed by atoms with Crippen LogP contribution in [0.15, 0.2) is 60.4 Å². The first-order valence-electron chi connectivity index (χ1n) is 8.53. The molecule has 140 valence electrons. The largest absolute Gasteiger partial charge is 0.496 e. The molecular weight excluding hydrogens is 367 g/mol. The zero-order chi connectivity index (χ0) is 18.8. The lowest BCUT2D eigenvalue weighted by atomic mass is 10.2. The van der Waals surface area contributed by atoms with Crippen molar-refractivity contribution in [1.29, 1.82) is 0 Å². The van der Waals surface area contributed by atoms with E-state index in [4.69, 9.17) is 13.8 Å². The van der Waals surface area contributed by atoms with Crippen molar-refractivity contribution in [2.45, 2.75) is 19.6 Å². The molecule has 0 fully saturated rings. The van der Waals surface area contributed by atoms with Crippen LogP contribution in [0, 0.1) is 0 Å². The lowest BCUT2D eigenvalue weighted by Crippen LogP contribution is -1.95. The van der Waals surface area contributed by atoms with Crippen LogP contribution in [0.4, 0.5) is 0 Å². The second-order valence-corrected chi connectivity index (χ2v) is 8.21. The first-order chi connectivity index (χ1) is 12.6. The molecule has 0 unspecified atom stereocenters. The summed E-state index contributed by atoms with van der Waals surface area (Å²) in [7, 11) is -1.70. The van der Waals surface area contributed by atoms with Gasteiger partial charge in [0.2, 0.25) is 0 Å². The molecule has 26 heavy (non-hydrogen) atoms. The van der Waals surface area contributed by atoms with Gasteiger partial charge in [0.15, 0.2) is 0 Å². The number of rotatable bonds is 10. The van der Waals surface area contributed by atoms with Gasteiger partial charge < -0.3 is 13.8 Å². The molecular formula is C20H25O4PS. The lowest BCUT2D eigenvalue weighted by Gasteiger charge is -2.17. The molecule has 2 aromatic carbocycles. The molecule has 0 amide bonds. The minimum Gasteiger partial charge on any atom is -0.496 e. The van der Waals surface area contributed by atoms with Gasteiger partial charge in [-0.2, -0.15) is 0 Å². The van der Waals surface area contributed by atoms with E-state index in [1.807, 2.05) is 42.5 Å². The zero-order valence-corrected chi connectivity index (χ0v) is 17.1. The maximum absolute atomic E-state index is 13.0. The van der Waals surface area contributed by atoms with Crippen molar-refractivity contribution in [2.75, 3.05) is 20.3 Å². The van der Waals surface area contributed by atoms with Crippen molar-refractivity contribution < 1.29 is 18.3 Å². The summed E-state index contributed by atoms with van der Waals surface area (Å²) in [6, 6.07) is 17.8. The molecule has 2 rings (SSSR count). The highest BCUT2D eigenvalue weighted by atomic mass is 32.2. The number of hydrogen-bond donors (Lipinski definition) is 0. The van der Waals surface area contributed by atoms with Crippen LogP contribution < -0.4 is 4.74 Å². The predicted octanol–water partition coefficient (Wildman–Crippen LogP) is 6.19. The summed E-state index contributed by atoms with van der Waals surface area (Å²) in [5.74, 6) is 3.08. The van der Waals surface area contributed by atoms with E-state index in [9.17, 15) is 4.57 Å². The Morgan fingerprint density at radius 3 is 2.23 bits per heavy atom. The molecule has 0 N–H and O–H groups in total. The Bertz CT molecular complexity index is 751. The molecule has 0 spiro atoms. The van der Waals surface area contributed by atoms with Crippen LogP contribution in [-0.4, -0.2) is 20.3 Å². The first kappa shape index (κ1) is 20.8. The van der Waals surface area contributed by atoms with Gasteiger partial charge >= 0.3 is 7.60 Å². The van der Waals surface area contributed by atoms with Crippen LogP contribution in [0.2, 0.25) is 0 Å². The highest BCUT2D eigenvalue weighted by Crippen LogP contribution is 2.54. The lowest BCUT2D eigenvalue weighted by molar-refractivity contribution is 0.229. The molecule has 4 nitrogen and oxygen atoms in total. The Hall–Kier alpha value is -1.52. The molecule has 0 aliphatic carbocycles. The van der Waals surface area contributed by atoms with E-state index in [1.165, 1.54) is 5.56 Å². The molecule has 0 aromatic heterocycles. The fourth-order valence-corrected chi connectivity index (χ4v) is 5.28. The van der Waals surface area contributed by atoms with Crippen molar-refractivity contribution in [3.63, 3.8) is 0 Å². The highest BCUT2D eigenvalue weighted by molar-refractivity contribution is 8.07. The van der Waals surface area contributed by atoms with Gasteiger partial charge in [-0.1, -0.05) is 48.5 Å². The maximum atomic E-state index is 13.0. The van der Waals surface area contributed by atoms with E-state index >= 15 is 0 Å². The van der Waals surface area contributed by atoms with Gasteiger partial charge in [-0.05, 0) is 25.5 Å². The number of methoxy groups -OCH3 is 1. The van der Waals surface area contributed by atoms with Gasteiger partial charge in [0.25, 0.3) is 0 Å². The standard InChI is InChI=1S/C20H25O4PS/c1-4-23-25(21,24-5-2)15-20(18-13-9-10-14-19(18)22-3)26-16-17-11-7-6-8-12-17/h6-15H,4-5,16H2,1-3H3/b20-15+. The molecule has 0 saturated heterocycles. The van der Waals surface area contributed by atoms with Crippen molar-refractivity contribution in [3.05, 3.63) is 71.5 Å². The quantitative estimate of drug-likeness (QED) is 0.451. The van der Waals surface area contributed by atoms with Gasteiger partial charge in [-0.25, -0.2) is 0 Å². The second kappa shape index (κ2) is 10.6. The smallest absolute Gasteiger partial charge is 0.355 e. The average Bonchev–Trinajstić information content (AvgIpc) is 2.66. The molecule has 0 saturated carbocycles. The van der Waals surface area contributed by atoms with Gasteiger partial charge in [0.1, 0.15) is 5.75 Å². The summed E-state index contributed by atoms with van der Waals surface area (Å²) in [6.45, 7) is 4.24. The summed E-state index contributed by atoms with van der Waals surface area (Å²) in [4.78, 5) is 0.816. The fraction of sp³-hybridized carbons (Fsp3) is 0.300. The Kier molecular flexibility index (Phi) is 8.46. The van der Waals surface area contributed by atoms with Gasteiger partial charge in [0, 0.05) is 22.0 Å². The second-order valence-electron chi connectivity index (χ2n) is 5.34. The van der Waals surface area contributed by atoms with Crippen LogP contribution in [0.3, 0.4) is 0 Å². The summed E-state index contributed by atoms with van der Waals surface area (Å²) in [5, 5.41) is 0. The normalized spacial score (nSPS) is 12.2. The van der Waals surface area contributed by atoms with Crippen LogP contribution in [0.25, 0.3) is 4.91 Å². The fourth-order valence-electron chi connectivity index (χ4n) is 2.38. The first-order valence-corrected chi connectivity index (χ1v) is 11.1. The van der Waals surface area contributed by atoms with Crippen molar-refractivity contribution in [1.82, 2.24) is 0 Å². The number of hydrogen-bond acceptors (Lipinski definition) is 5. The summed E-state index contributed by atoms with van der Waals surface area (Å²) in [6.07, 6.45) is 0. The molecule has 0 bridgehead atoms. The Morgan fingerprint density at radius 2 is 1.62 bits per heavy atom. The minimum absolute atomic E-state index is 0.316. The number of para-hydroxylation sites is 1. The van der Waals surface area contributed by atoms with Crippen LogP contribution in [-0.2, 0) is 19.4 Å². The van der Waals surface area contributed by atoms with Crippen molar-refractivity contribution in [3.8, 4) is 5.75 Å². The third-order valence-corrected chi connectivity index (χ3v) is 6.61. The SMILES string of the molecule is CCOP(=O)(/C=C(/SCc1ccccc1)c1ccccc1OC)OCC. The zero-order valence-electron chi connectivity index (χ0n) is 15.4. The third kappa shape index (κ3) is 6.03. The van der Waals surface area contributed by atoms with E-state index < -0.39 is 7.60 Å². The van der Waals surface area contributed by atoms with Gasteiger partial charge in [-0.3, -0.25) is 4.57 Å². The topological polar surface area (TPSA) is 44.8 Å². The number of benzene rings is 2. The van der Waals surface area contributed by atoms with Crippen molar-refractivity contribution >= 4 is 24.3 Å². The molecule has 0 heterocycles. The Morgan fingerprint density at radius 1 is 1.00 bits per heavy atom.